The molecule has 0 N–H and O–H groups in total. The van der Waals surface area contributed by atoms with Crippen molar-refractivity contribution in [1.82, 2.24) is 0 Å². The van der Waals surface area contributed by atoms with Crippen molar-refractivity contribution in [3.8, 4) is 11.5 Å². The van der Waals surface area contributed by atoms with Crippen LogP contribution in [0.2, 0.25) is 0 Å². The van der Waals surface area contributed by atoms with Crippen LogP contribution in [0.5, 0.6) is 11.5 Å². The minimum Gasteiger partial charge on any atom is -0.454 e. The molecule has 14 heavy (non-hydrogen) atoms. The molecule has 0 atom stereocenters. The van der Waals surface area contributed by atoms with E-state index in [0.717, 1.165) is 0 Å². The first-order valence-corrected chi connectivity index (χ1v) is 4.45. The zero-order chi connectivity index (χ0) is 9.97. The second kappa shape index (κ2) is 3.72. The Morgan fingerprint density at radius 2 is 2.14 bits per heavy atom. The van der Waals surface area contributed by atoms with Gasteiger partial charge in [0.15, 0.2) is 17.3 Å². The minimum absolute atomic E-state index is 0.154. The minimum atomic E-state index is -0.154. The molecule has 0 aromatic heterocycles. The van der Waals surface area contributed by atoms with Crippen molar-refractivity contribution < 1.29 is 14.3 Å². The first-order valence-electron chi connectivity index (χ1n) is 4.02. The maximum atomic E-state index is 11.4. The normalized spacial score (nSPS) is 13.5. The molecule has 1 aliphatic rings. The van der Waals surface area contributed by atoms with Crippen LogP contribution in [-0.4, -0.2) is 12.6 Å². The molecular formula is C10H7ClO3. The van der Waals surface area contributed by atoms with E-state index in [1.807, 2.05) is 0 Å². The molecule has 72 valence electrons. The van der Waals surface area contributed by atoms with Crippen LogP contribution in [0.4, 0.5) is 0 Å². The summed E-state index contributed by atoms with van der Waals surface area (Å²) in [4.78, 5) is 11.4. The van der Waals surface area contributed by atoms with Gasteiger partial charge in [-0.05, 0) is 24.3 Å². The van der Waals surface area contributed by atoms with E-state index < -0.39 is 0 Å². The second-order valence-corrected chi connectivity index (χ2v) is 2.98. The maximum absolute atomic E-state index is 11.4. The van der Waals surface area contributed by atoms with Gasteiger partial charge in [-0.1, -0.05) is 11.6 Å². The largest absolute Gasteiger partial charge is 0.454 e. The SMILES string of the molecule is O=C(/C=C/Cl)c1ccc2c(c1)OCO2. The summed E-state index contributed by atoms with van der Waals surface area (Å²) in [5.74, 6) is 1.11. The lowest BCUT2D eigenvalue weighted by Gasteiger charge is -1.98. The number of carbonyl (C=O) groups is 1. The Hall–Kier alpha value is -1.48. The first kappa shape index (κ1) is 9.09. The number of allylic oxidation sites excluding steroid dienone is 1. The van der Waals surface area contributed by atoms with Crippen molar-refractivity contribution in [1.29, 1.82) is 0 Å². The average molecular weight is 211 g/mol. The summed E-state index contributed by atoms with van der Waals surface area (Å²) in [6.07, 6.45) is 1.29. The van der Waals surface area contributed by atoms with E-state index in [2.05, 4.69) is 0 Å². The van der Waals surface area contributed by atoms with Crippen molar-refractivity contribution >= 4 is 17.4 Å². The van der Waals surface area contributed by atoms with Crippen LogP contribution in [0.3, 0.4) is 0 Å². The fourth-order valence-electron chi connectivity index (χ4n) is 1.20. The number of carbonyl (C=O) groups excluding carboxylic acids is 1. The molecule has 3 nitrogen and oxygen atoms in total. The molecule has 0 aliphatic carbocycles. The van der Waals surface area contributed by atoms with Gasteiger partial charge in [-0.2, -0.15) is 0 Å². The standard InChI is InChI=1S/C10H7ClO3/c11-4-3-8(12)7-1-2-9-10(5-7)14-6-13-9/h1-5H,6H2/b4-3+. The van der Waals surface area contributed by atoms with Gasteiger partial charge >= 0.3 is 0 Å². The molecule has 1 aromatic carbocycles. The van der Waals surface area contributed by atoms with Crippen molar-refractivity contribution in [2.24, 2.45) is 0 Å². The lowest BCUT2D eigenvalue weighted by atomic mass is 10.1. The van der Waals surface area contributed by atoms with Crippen LogP contribution in [0.25, 0.3) is 0 Å². The summed E-state index contributed by atoms with van der Waals surface area (Å²) < 4.78 is 10.3. The topological polar surface area (TPSA) is 35.5 Å². The molecular weight excluding hydrogens is 204 g/mol. The Morgan fingerprint density at radius 3 is 2.93 bits per heavy atom. The van der Waals surface area contributed by atoms with Crippen molar-refractivity contribution in [2.45, 2.75) is 0 Å². The number of fused-ring (bicyclic) bond motifs is 1. The van der Waals surface area contributed by atoms with E-state index >= 15 is 0 Å². The van der Waals surface area contributed by atoms with Gasteiger partial charge in [0.1, 0.15) is 0 Å². The molecule has 0 radical (unpaired) electrons. The van der Waals surface area contributed by atoms with Gasteiger partial charge in [0.2, 0.25) is 6.79 Å². The highest BCUT2D eigenvalue weighted by atomic mass is 35.5. The monoisotopic (exact) mass is 210 g/mol. The third kappa shape index (κ3) is 1.59. The fourth-order valence-corrected chi connectivity index (χ4v) is 1.32. The summed E-state index contributed by atoms with van der Waals surface area (Å²) in [5, 5.41) is 0. The molecule has 2 rings (SSSR count). The zero-order valence-corrected chi connectivity index (χ0v) is 7.95. The molecule has 1 aliphatic heterocycles. The Bertz CT molecular complexity index is 398. The van der Waals surface area contributed by atoms with Crippen LogP contribution < -0.4 is 9.47 Å². The summed E-state index contributed by atoms with van der Waals surface area (Å²) in [6, 6.07) is 5.02. The molecule has 0 amide bonds. The number of ketones is 1. The molecule has 1 heterocycles. The Morgan fingerprint density at radius 1 is 1.36 bits per heavy atom. The first-order chi connectivity index (χ1) is 6.81. The van der Waals surface area contributed by atoms with Crippen LogP contribution >= 0.6 is 11.6 Å². The summed E-state index contributed by atoms with van der Waals surface area (Å²) >= 11 is 5.31. The van der Waals surface area contributed by atoms with E-state index in [1.54, 1.807) is 18.2 Å². The Balaban J connectivity index is 2.33. The molecule has 0 bridgehead atoms. The smallest absolute Gasteiger partial charge is 0.231 e. The van der Waals surface area contributed by atoms with Gasteiger partial charge in [0.05, 0.1) is 0 Å². The van der Waals surface area contributed by atoms with Crippen LogP contribution in [-0.2, 0) is 0 Å². The highest BCUT2D eigenvalue weighted by molar-refractivity contribution is 6.27. The summed E-state index contributed by atoms with van der Waals surface area (Å²) in [7, 11) is 0. The van der Waals surface area contributed by atoms with Gasteiger partial charge in [0.25, 0.3) is 0 Å². The van der Waals surface area contributed by atoms with E-state index in [9.17, 15) is 4.79 Å². The Labute approximate surface area is 85.9 Å². The number of hydrogen-bond acceptors (Lipinski definition) is 3. The van der Waals surface area contributed by atoms with Crippen molar-refractivity contribution in [3.05, 3.63) is 35.4 Å². The number of benzene rings is 1. The average Bonchev–Trinajstić information content (AvgIpc) is 2.64. The van der Waals surface area contributed by atoms with Gasteiger partial charge < -0.3 is 9.47 Å². The summed E-state index contributed by atoms with van der Waals surface area (Å²) in [5.41, 5.74) is 1.72. The molecule has 0 spiro atoms. The summed E-state index contributed by atoms with van der Waals surface area (Å²) in [6.45, 7) is 0.207. The Kier molecular flexibility index (Phi) is 2.41. The van der Waals surface area contributed by atoms with E-state index in [4.69, 9.17) is 21.1 Å². The zero-order valence-electron chi connectivity index (χ0n) is 7.20. The predicted molar refractivity (Wildman–Crippen MR) is 51.9 cm³/mol. The van der Waals surface area contributed by atoms with E-state index in [1.165, 1.54) is 11.6 Å². The van der Waals surface area contributed by atoms with E-state index in [0.29, 0.717) is 17.1 Å². The second-order valence-electron chi connectivity index (χ2n) is 2.72. The molecule has 0 unspecified atom stereocenters. The van der Waals surface area contributed by atoms with Gasteiger partial charge in [-0.25, -0.2) is 0 Å². The van der Waals surface area contributed by atoms with Crippen LogP contribution in [0.15, 0.2) is 29.8 Å². The van der Waals surface area contributed by atoms with Crippen molar-refractivity contribution in [2.75, 3.05) is 6.79 Å². The molecule has 4 heteroatoms. The maximum Gasteiger partial charge on any atom is 0.231 e. The molecule has 0 saturated carbocycles. The van der Waals surface area contributed by atoms with Gasteiger partial charge in [0, 0.05) is 11.1 Å². The highest BCUT2D eigenvalue weighted by Crippen LogP contribution is 2.32. The van der Waals surface area contributed by atoms with Crippen LogP contribution in [0, 0.1) is 0 Å². The predicted octanol–water partition coefficient (Wildman–Crippen LogP) is 2.35. The number of ether oxygens (including phenoxy) is 2. The van der Waals surface area contributed by atoms with Gasteiger partial charge in [-0.15, -0.1) is 0 Å². The molecule has 0 fully saturated rings. The third-order valence-corrected chi connectivity index (χ3v) is 2.00. The lowest BCUT2D eigenvalue weighted by molar-refractivity contribution is 0.104. The van der Waals surface area contributed by atoms with E-state index in [-0.39, 0.29) is 12.6 Å². The third-order valence-electron chi connectivity index (χ3n) is 1.87. The molecule has 1 aromatic rings. The number of rotatable bonds is 2. The van der Waals surface area contributed by atoms with Crippen LogP contribution in [0.1, 0.15) is 10.4 Å². The van der Waals surface area contributed by atoms with Gasteiger partial charge in [-0.3, -0.25) is 4.79 Å². The lowest BCUT2D eigenvalue weighted by Crippen LogP contribution is -1.94. The number of halogens is 1. The number of hydrogen-bond donors (Lipinski definition) is 0. The molecule has 0 saturated heterocycles. The highest BCUT2D eigenvalue weighted by Gasteiger charge is 2.14. The quantitative estimate of drug-likeness (QED) is 0.555. The fraction of sp³-hybridized carbons (Fsp3) is 0.100. The van der Waals surface area contributed by atoms with Crippen molar-refractivity contribution in [3.63, 3.8) is 0 Å².